The number of aromatic nitrogens is 1. The summed E-state index contributed by atoms with van der Waals surface area (Å²) in [5.41, 5.74) is 3.84. The zero-order valence-electron chi connectivity index (χ0n) is 11.9. The molecular weight excluding hydrogens is 262 g/mol. The Bertz CT molecular complexity index is 751. The summed E-state index contributed by atoms with van der Waals surface area (Å²) in [6.07, 6.45) is 0. The van der Waals surface area contributed by atoms with Crippen LogP contribution in [0.25, 0.3) is 10.9 Å². The first-order chi connectivity index (χ1) is 10.3. The molecule has 0 fully saturated rings. The molecule has 0 unspecified atom stereocenters. The van der Waals surface area contributed by atoms with Crippen molar-refractivity contribution in [1.82, 2.24) is 4.98 Å². The topological polar surface area (TPSA) is 42.4 Å². The summed E-state index contributed by atoms with van der Waals surface area (Å²) >= 11 is 0. The predicted octanol–water partition coefficient (Wildman–Crippen LogP) is 3.61. The molecule has 0 radical (unpaired) electrons. The summed E-state index contributed by atoms with van der Waals surface area (Å²) < 4.78 is 5.91. The van der Waals surface area contributed by atoms with Crippen molar-refractivity contribution in [3.63, 3.8) is 0 Å². The lowest BCUT2D eigenvalue weighted by molar-refractivity contribution is 0.281. The third-order valence-corrected chi connectivity index (χ3v) is 3.42. The van der Waals surface area contributed by atoms with Gasteiger partial charge in [0, 0.05) is 11.1 Å². The highest BCUT2D eigenvalue weighted by Crippen LogP contribution is 2.24. The Morgan fingerprint density at radius 2 is 1.71 bits per heavy atom. The van der Waals surface area contributed by atoms with E-state index in [4.69, 9.17) is 9.84 Å². The van der Waals surface area contributed by atoms with Crippen LogP contribution in [0, 0.1) is 6.92 Å². The molecule has 3 nitrogen and oxygen atoms in total. The molecule has 0 bridgehead atoms. The zero-order chi connectivity index (χ0) is 14.7. The van der Waals surface area contributed by atoms with E-state index in [1.54, 1.807) is 0 Å². The maximum Gasteiger partial charge on any atom is 0.146 e. The SMILES string of the molecule is Cc1ccc2cccc(OCc3ccc(CO)cc3)c2n1. The lowest BCUT2D eigenvalue weighted by Crippen LogP contribution is -1.97. The first kappa shape index (κ1) is 13.6. The highest BCUT2D eigenvalue weighted by Gasteiger charge is 2.04. The van der Waals surface area contributed by atoms with Gasteiger partial charge in [0.25, 0.3) is 0 Å². The van der Waals surface area contributed by atoms with Crippen molar-refractivity contribution in [2.24, 2.45) is 0 Å². The number of rotatable bonds is 4. The zero-order valence-corrected chi connectivity index (χ0v) is 11.9. The number of aliphatic hydroxyl groups excluding tert-OH is 1. The van der Waals surface area contributed by atoms with E-state index >= 15 is 0 Å². The van der Waals surface area contributed by atoms with Crippen LogP contribution in [0.1, 0.15) is 16.8 Å². The van der Waals surface area contributed by atoms with Crippen LogP contribution in [0.15, 0.2) is 54.6 Å². The average Bonchev–Trinajstić information content (AvgIpc) is 2.53. The summed E-state index contributed by atoms with van der Waals surface area (Å²) in [4.78, 5) is 4.56. The van der Waals surface area contributed by atoms with Crippen molar-refractivity contribution >= 4 is 10.9 Å². The van der Waals surface area contributed by atoms with Crippen molar-refractivity contribution in [2.75, 3.05) is 0 Å². The Kier molecular flexibility index (Phi) is 3.84. The molecule has 3 rings (SSSR count). The number of nitrogens with zero attached hydrogens (tertiary/aromatic N) is 1. The second kappa shape index (κ2) is 5.94. The minimum absolute atomic E-state index is 0.0632. The smallest absolute Gasteiger partial charge is 0.146 e. The first-order valence-corrected chi connectivity index (χ1v) is 6.94. The van der Waals surface area contributed by atoms with E-state index < -0.39 is 0 Å². The largest absolute Gasteiger partial charge is 0.487 e. The number of pyridine rings is 1. The minimum atomic E-state index is 0.0632. The number of hydrogen-bond donors (Lipinski definition) is 1. The van der Waals surface area contributed by atoms with E-state index in [2.05, 4.69) is 11.1 Å². The molecule has 0 spiro atoms. The molecule has 0 aliphatic carbocycles. The molecule has 1 N–H and O–H groups in total. The van der Waals surface area contributed by atoms with Gasteiger partial charge in [0.15, 0.2) is 0 Å². The van der Waals surface area contributed by atoms with Gasteiger partial charge in [-0.2, -0.15) is 0 Å². The van der Waals surface area contributed by atoms with Gasteiger partial charge >= 0.3 is 0 Å². The fourth-order valence-corrected chi connectivity index (χ4v) is 2.24. The van der Waals surface area contributed by atoms with Crippen LogP contribution in [-0.2, 0) is 13.2 Å². The van der Waals surface area contributed by atoms with Gasteiger partial charge in [-0.15, -0.1) is 0 Å². The lowest BCUT2D eigenvalue weighted by atomic mass is 10.1. The quantitative estimate of drug-likeness (QED) is 0.793. The molecule has 0 amide bonds. The Morgan fingerprint density at radius 1 is 0.952 bits per heavy atom. The monoisotopic (exact) mass is 279 g/mol. The van der Waals surface area contributed by atoms with Gasteiger partial charge in [0.1, 0.15) is 17.9 Å². The third kappa shape index (κ3) is 3.03. The van der Waals surface area contributed by atoms with Gasteiger partial charge in [-0.05, 0) is 30.2 Å². The molecule has 21 heavy (non-hydrogen) atoms. The predicted molar refractivity (Wildman–Crippen MR) is 83.2 cm³/mol. The summed E-state index contributed by atoms with van der Waals surface area (Å²) in [7, 11) is 0. The molecule has 0 atom stereocenters. The second-order valence-corrected chi connectivity index (χ2v) is 5.04. The molecular formula is C18H17NO2. The van der Waals surface area contributed by atoms with E-state index in [0.29, 0.717) is 6.61 Å². The molecule has 3 heteroatoms. The maximum atomic E-state index is 9.04. The van der Waals surface area contributed by atoms with Crippen LogP contribution in [-0.4, -0.2) is 10.1 Å². The normalized spacial score (nSPS) is 10.8. The average molecular weight is 279 g/mol. The van der Waals surface area contributed by atoms with Crippen LogP contribution in [0.5, 0.6) is 5.75 Å². The highest BCUT2D eigenvalue weighted by molar-refractivity contribution is 5.84. The molecule has 0 aliphatic rings. The number of benzene rings is 2. The fraction of sp³-hybridized carbons (Fsp3) is 0.167. The van der Waals surface area contributed by atoms with Crippen LogP contribution in [0.2, 0.25) is 0 Å². The van der Waals surface area contributed by atoms with Gasteiger partial charge in [0.05, 0.1) is 6.61 Å². The Morgan fingerprint density at radius 3 is 2.48 bits per heavy atom. The number of hydrogen-bond acceptors (Lipinski definition) is 3. The maximum absolute atomic E-state index is 9.04. The van der Waals surface area contributed by atoms with Gasteiger partial charge in [0.2, 0.25) is 0 Å². The summed E-state index contributed by atoms with van der Waals surface area (Å²) in [6.45, 7) is 2.53. The van der Waals surface area contributed by atoms with Gasteiger partial charge in [-0.1, -0.05) is 42.5 Å². The van der Waals surface area contributed by atoms with Crippen molar-refractivity contribution < 1.29 is 9.84 Å². The summed E-state index contributed by atoms with van der Waals surface area (Å²) in [6, 6.07) is 17.8. The number of aryl methyl sites for hydroxylation is 1. The van der Waals surface area contributed by atoms with Crippen LogP contribution < -0.4 is 4.74 Å². The molecule has 106 valence electrons. The van der Waals surface area contributed by atoms with Gasteiger partial charge in [-0.25, -0.2) is 4.98 Å². The minimum Gasteiger partial charge on any atom is -0.487 e. The van der Waals surface area contributed by atoms with E-state index in [9.17, 15) is 0 Å². The highest BCUT2D eigenvalue weighted by atomic mass is 16.5. The van der Waals surface area contributed by atoms with Crippen molar-refractivity contribution in [2.45, 2.75) is 20.1 Å². The van der Waals surface area contributed by atoms with Crippen molar-refractivity contribution in [3.05, 3.63) is 71.4 Å². The second-order valence-electron chi connectivity index (χ2n) is 5.04. The van der Waals surface area contributed by atoms with E-state index in [1.807, 2.05) is 55.5 Å². The lowest BCUT2D eigenvalue weighted by Gasteiger charge is -2.09. The van der Waals surface area contributed by atoms with Crippen LogP contribution in [0.3, 0.4) is 0 Å². The van der Waals surface area contributed by atoms with Gasteiger partial charge in [-0.3, -0.25) is 0 Å². The fourth-order valence-electron chi connectivity index (χ4n) is 2.24. The number of para-hydroxylation sites is 1. The Labute approximate surface area is 123 Å². The Balaban J connectivity index is 1.82. The molecule has 0 aliphatic heterocycles. The van der Waals surface area contributed by atoms with Crippen molar-refractivity contribution in [1.29, 1.82) is 0 Å². The third-order valence-electron chi connectivity index (χ3n) is 3.42. The first-order valence-electron chi connectivity index (χ1n) is 6.94. The van der Waals surface area contributed by atoms with E-state index in [-0.39, 0.29) is 6.61 Å². The molecule has 1 aromatic heterocycles. The van der Waals surface area contributed by atoms with Crippen LogP contribution in [0.4, 0.5) is 0 Å². The summed E-state index contributed by atoms with van der Waals surface area (Å²) in [5, 5.41) is 10.1. The number of aliphatic hydroxyl groups is 1. The summed E-state index contributed by atoms with van der Waals surface area (Å²) in [5.74, 6) is 0.794. The molecule has 1 heterocycles. The van der Waals surface area contributed by atoms with Gasteiger partial charge < -0.3 is 9.84 Å². The molecule has 0 saturated heterocycles. The Hall–Kier alpha value is -2.39. The number of ether oxygens (including phenoxy) is 1. The standard InChI is InChI=1S/C18H17NO2/c1-13-5-10-16-3-2-4-17(18(16)19-13)21-12-15-8-6-14(11-20)7-9-15/h2-10,20H,11-12H2,1H3. The van der Waals surface area contributed by atoms with Crippen LogP contribution >= 0.6 is 0 Å². The number of fused-ring (bicyclic) bond motifs is 1. The van der Waals surface area contributed by atoms with Crippen molar-refractivity contribution in [3.8, 4) is 5.75 Å². The molecule has 3 aromatic rings. The molecule has 0 saturated carbocycles. The van der Waals surface area contributed by atoms with E-state index in [0.717, 1.165) is 33.5 Å². The van der Waals surface area contributed by atoms with E-state index in [1.165, 1.54) is 0 Å². The molecule has 2 aromatic carbocycles.